The molecular weight excluding hydrogens is 448 g/mol. The van der Waals surface area contributed by atoms with Crippen molar-refractivity contribution >= 4 is 40.5 Å². The highest BCUT2D eigenvalue weighted by Crippen LogP contribution is 2.30. The lowest BCUT2D eigenvalue weighted by Crippen LogP contribution is -2.48. The molecule has 2 aromatic carbocycles. The summed E-state index contributed by atoms with van der Waals surface area (Å²) in [5.41, 5.74) is 1.83. The van der Waals surface area contributed by atoms with Gasteiger partial charge in [0.15, 0.2) is 5.76 Å². The number of hydrogen-bond donors (Lipinski definition) is 1. The Hall–Kier alpha value is -3.85. The van der Waals surface area contributed by atoms with Gasteiger partial charge in [-0.05, 0) is 43.3 Å². The number of aryl methyl sites for hydroxylation is 1. The van der Waals surface area contributed by atoms with Crippen molar-refractivity contribution in [3.63, 3.8) is 0 Å². The third-order valence-corrected chi connectivity index (χ3v) is 5.82. The maximum absolute atomic E-state index is 12.6. The lowest BCUT2D eigenvalue weighted by molar-refractivity contribution is -0.385. The van der Waals surface area contributed by atoms with Gasteiger partial charge in [-0.3, -0.25) is 19.7 Å². The smallest absolute Gasteiger partial charge is 0.289 e. The van der Waals surface area contributed by atoms with Crippen molar-refractivity contribution in [3.05, 3.63) is 86.8 Å². The molecule has 1 saturated heterocycles. The average Bonchev–Trinajstić information content (AvgIpc) is 3.34. The van der Waals surface area contributed by atoms with E-state index < -0.39 is 10.8 Å². The molecule has 10 heteroatoms. The number of nitrogens with zero attached hydrogens (tertiary/aromatic N) is 3. The highest BCUT2D eigenvalue weighted by molar-refractivity contribution is 6.33. The summed E-state index contributed by atoms with van der Waals surface area (Å²) >= 11 is 6.48. The predicted molar refractivity (Wildman–Crippen MR) is 124 cm³/mol. The molecule has 170 valence electrons. The molecule has 1 aliphatic rings. The van der Waals surface area contributed by atoms with Crippen LogP contribution >= 0.6 is 11.6 Å². The number of nitro groups is 1. The number of amides is 2. The summed E-state index contributed by atoms with van der Waals surface area (Å²) in [6.45, 7) is 3.88. The monoisotopic (exact) mass is 468 g/mol. The Morgan fingerprint density at radius 1 is 1.09 bits per heavy atom. The van der Waals surface area contributed by atoms with Gasteiger partial charge in [-0.2, -0.15) is 0 Å². The lowest BCUT2D eigenvalue weighted by atomic mass is 10.1. The number of furan rings is 1. The minimum atomic E-state index is -0.514. The fourth-order valence-corrected chi connectivity index (χ4v) is 4.00. The van der Waals surface area contributed by atoms with E-state index in [1.54, 1.807) is 48.2 Å². The van der Waals surface area contributed by atoms with Gasteiger partial charge in [-0.1, -0.05) is 17.7 Å². The topological polar surface area (TPSA) is 109 Å². The maximum Gasteiger partial charge on any atom is 0.289 e. The molecule has 0 atom stereocenters. The lowest BCUT2D eigenvalue weighted by Gasteiger charge is -2.36. The zero-order chi connectivity index (χ0) is 23.5. The van der Waals surface area contributed by atoms with E-state index in [2.05, 4.69) is 10.2 Å². The van der Waals surface area contributed by atoms with Crippen molar-refractivity contribution in [2.45, 2.75) is 6.92 Å². The third-order valence-electron chi connectivity index (χ3n) is 5.51. The van der Waals surface area contributed by atoms with Gasteiger partial charge in [-0.25, -0.2) is 0 Å². The van der Waals surface area contributed by atoms with Crippen LogP contribution in [-0.4, -0.2) is 47.8 Å². The van der Waals surface area contributed by atoms with E-state index in [9.17, 15) is 19.7 Å². The number of hydrogen-bond acceptors (Lipinski definition) is 6. The number of carbonyl (C=O) groups is 2. The molecular formula is C23H21ClN4O5. The Labute approximate surface area is 194 Å². The Bertz CT molecular complexity index is 1200. The number of halogens is 1. The quantitative estimate of drug-likeness (QED) is 0.440. The summed E-state index contributed by atoms with van der Waals surface area (Å²) in [5.74, 6) is -0.285. The van der Waals surface area contributed by atoms with Crippen LogP contribution in [0.4, 0.5) is 17.1 Å². The number of nitro benzene ring substituents is 1. The second-order valence-corrected chi connectivity index (χ2v) is 8.04. The SMILES string of the molecule is Cc1ccc(C(=O)Nc2ccc(N3CCN(C(=O)c4ccco4)CC3)c(Cl)c2)cc1[N+](=O)[O-]. The third kappa shape index (κ3) is 4.83. The van der Waals surface area contributed by atoms with E-state index >= 15 is 0 Å². The van der Waals surface area contributed by atoms with Crippen molar-refractivity contribution in [2.75, 3.05) is 36.4 Å². The van der Waals surface area contributed by atoms with Crippen LogP contribution in [0.25, 0.3) is 0 Å². The van der Waals surface area contributed by atoms with Crippen LogP contribution in [0.2, 0.25) is 5.02 Å². The second kappa shape index (κ2) is 9.33. The molecule has 2 amide bonds. The largest absolute Gasteiger partial charge is 0.459 e. The second-order valence-electron chi connectivity index (χ2n) is 7.64. The Morgan fingerprint density at radius 3 is 2.48 bits per heavy atom. The number of piperazine rings is 1. The summed E-state index contributed by atoms with van der Waals surface area (Å²) in [6, 6.07) is 12.8. The molecule has 33 heavy (non-hydrogen) atoms. The maximum atomic E-state index is 12.6. The molecule has 3 aromatic rings. The molecule has 0 saturated carbocycles. The Morgan fingerprint density at radius 2 is 1.85 bits per heavy atom. The fraction of sp³-hybridized carbons (Fsp3) is 0.217. The molecule has 4 rings (SSSR count). The molecule has 1 fully saturated rings. The Balaban J connectivity index is 1.40. The van der Waals surface area contributed by atoms with Crippen LogP contribution in [0.3, 0.4) is 0 Å². The number of carbonyl (C=O) groups excluding carboxylic acids is 2. The van der Waals surface area contributed by atoms with Crippen molar-refractivity contribution in [3.8, 4) is 0 Å². The molecule has 2 heterocycles. The molecule has 0 spiro atoms. The van der Waals surface area contributed by atoms with E-state index in [1.807, 2.05) is 0 Å². The molecule has 0 unspecified atom stereocenters. The highest BCUT2D eigenvalue weighted by Gasteiger charge is 2.25. The fourth-order valence-electron chi connectivity index (χ4n) is 3.70. The van der Waals surface area contributed by atoms with E-state index in [-0.39, 0.29) is 17.2 Å². The van der Waals surface area contributed by atoms with Gasteiger partial charge in [-0.15, -0.1) is 0 Å². The van der Waals surface area contributed by atoms with Crippen LogP contribution in [0.5, 0.6) is 0 Å². The van der Waals surface area contributed by atoms with Crippen molar-refractivity contribution < 1.29 is 18.9 Å². The highest BCUT2D eigenvalue weighted by atomic mass is 35.5. The zero-order valence-electron chi connectivity index (χ0n) is 17.8. The van der Waals surface area contributed by atoms with Crippen molar-refractivity contribution in [2.24, 2.45) is 0 Å². The zero-order valence-corrected chi connectivity index (χ0v) is 18.5. The Kier molecular flexibility index (Phi) is 6.32. The molecule has 1 aromatic heterocycles. The molecule has 0 radical (unpaired) electrons. The first-order valence-electron chi connectivity index (χ1n) is 10.3. The normalized spacial score (nSPS) is 13.6. The first-order chi connectivity index (χ1) is 15.8. The summed E-state index contributed by atoms with van der Waals surface area (Å²) in [6.07, 6.45) is 1.48. The predicted octanol–water partition coefficient (Wildman–Crippen LogP) is 4.36. The van der Waals surface area contributed by atoms with Crippen LogP contribution in [-0.2, 0) is 0 Å². The summed E-state index contributed by atoms with van der Waals surface area (Å²) in [7, 11) is 0. The van der Waals surface area contributed by atoms with Crippen LogP contribution in [0.15, 0.2) is 59.2 Å². The number of benzene rings is 2. The molecule has 1 N–H and O–H groups in total. The summed E-state index contributed by atoms with van der Waals surface area (Å²) in [5, 5.41) is 14.3. The minimum Gasteiger partial charge on any atom is -0.459 e. The minimum absolute atomic E-state index is 0.110. The van der Waals surface area contributed by atoms with Gasteiger partial charge < -0.3 is 19.5 Å². The van der Waals surface area contributed by atoms with Gasteiger partial charge in [0.2, 0.25) is 0 Å². The van der Waals surface area contributed by atoms with E-state index in [0.717, 1.165) is 5.69 Å². The molecule has 9 nitrogen and oxygen atoms in total. The van der Waals surface area contributed by atoms with E-state index in [4.69, 9.17) is 16.0 Å². The van der Waals surface area contributed by atoms with E-state index in [0.29, 0.717) is 48.2 Å². The number of nitrogens with one attached hydrogen (secondary N) is 1. The number of rotatable bonds is 5. The van der Waals surface area contributed by atoms with Crippen LogP contribution < -0.4 is 10.2 Å². The van der Waals surface area contributed by atoms with Crippen LogP contribution in [0, 0.1) is 17.0 Å². The van der Waals surface area contributed by atoms with Gasteiger partial charge in [0.1, 0.15) is 0 Å². The molecule has 0 bridgehead atoms. The molecule has 1 aliphatic heterocycles. The van der Waals surface area contributed by atoms with Gasteiger partial charge in [0.05, 0.1) is 21.9 Å². The average molecular weight is 469 g/mol. The van der Waals surface area contributed by atoms with Gasteiger partial charge in [0, 0.05) is 49.1 Å². The van der Waals surface area contributed by atoms with Crippen molar-refractivity contribution in [1.29, 1.82) is 0 Å². The standard InChI is InChI=1S/C23H21ClN4O5/c1-15-4-5-16(13-20(15)28(31)32)22(29)25-17-6-7-19(18(24)14-17)26-8-10-27(11-9-26)23(30)21-3-2-12-33-21/h2-7,12-14H,8-11H2,1H3,(H,25,29). The van der Waals surface area contributed by atoms with Crippen LogP contribution in [0.1, 0.15) is 26.5 Å². The first-order valence-corrected chi connectivity index (χ1v) is 10.6. The summed E-state index contributed by atoms with van der Waals surface area (Å²) in [4.78, 5) is 39.4. The van der Waals surface area contributed by atoms with Gasteiger partial charge in [0.25, 0.3) is 17.5 Å². The van der Waals surface area contributed by atoms with E-state index in [1.165, 1.54) is 18.4 Å². The van der Waals surface area contributed by atoms with Gasteiger partial charge >= 0.3 is 0 Å². The first kappa shape index (κ1) is 22.3. The molecule has 0 aliphatic carbocycles. The number of anilines is 2. The van der Waals surface area contributed by atoms with Crippen molar-refractivity contribution in [1.82, 2.24) is 4.90 Å². The summed E-state index contributed by atoms with van der Waals surface area (Å²) < 4.78 is 5.19.